The minimum atomic E-state index is -0.539. The van der Waals surface area contributed by atoms with E-state index in [1.165, 1.54) is 11.8 Å². The van der Waals surface area contributed by atoms with E-state index >= 15 is 0 Å². The van der Waals surface area contributed by atoms with Gasteiger partial charge in [-0.25, -0.2) is 0 Å². The average molecular weight is 202 g/mol. The van der Waals surface area contributed by atoms with Gasteiger partial charge in [0.05, 0.1) is 12.0 Å². The van der Waals surface area contributed by atoms with Crippen molar-refractivity contribution in [2.45, 2.75) is 33.3 Å². The normalized spacial score (nSPS) is 16.0. The van der Waals surface area contributed by atoms with Crippen molar-refractivity contribution in [1.29, 1.82) is 0 Å². The summed E-state index contributed by atoms with van der Waals surface area (Å²) in [4.78, 5) is 11.3. The standard InChI is InChI=1S/C10H18O2S/c1-4-6-7-9(11)8(3)10(12)13-5-2/h4,6,8-9,11H,5,7H2,1-3H3/b6-4+/t8-,9-/m1/s1. The lowest BCUT2D eigenvalue weighted by atomic mass is 10.0. The third-order valence-corrected chi connectivity index (χ3v) is 2.79. The SMILES string of the molecule is C/C=C/C[C@@H](O)[C@@H](C)C(=O)SCC. The number of carbonyl (C=O) groups is 1. The first kappa shape index (κ1) is 12.7. The van der Waals surface area contributed by atoms with Crippen LogP contribution in [-0.4, -0.2) is 22.1 Å². The molecule has 2 atom stereocenters. The Morgan fingerprint density at radius 2 is 2.23 bits per heavy atom. The van der Waals surface area contributed by atoms with E-state index in [-0.39, 0.29) is 11.0 Å². The van der Waals surface area contributed by atoms with Gasteiger partial charge in [-0.05, 0) is 19.1 Å². The summed E-state index contributed by atoms with van der Waals surface area (Å²) in [6.07, 6.45) is 3.79. The molecule has 0 heterocycles. The van der Waals surface area contributed by atoms with Gasteiger partial charge in [0.15, 0.2) is 5.12 Å². The van der Waals surface area contributed by atoms with Gasteiger partial charge in [0.25, 0.3) is 0 Å². The zero-order valence-corrected chi connectivity index (χ0v) is 9.30. The highest BCUT2D eigenvalue weighted by Crippen LogP contribution is 2.16. The summed E-state index contributed by atoms with van der Waals surface area (Å²) < 4.78 is 0. The number of hydrogen-bond acceptors (Lipinski definition) is 3. The van der Waals surface area contributed by atoms with E-state index in [1.807, 2.05) is 26.0 Å². The van der Waals surface area contributed by atoms with E-state index in [4.69, 9.17) is 0 Å². The van der Waals surface area contributed by atoms with Gasteiger partial charge in [-0.15, -0.1) is 0 Å². The summed E-state index contributed by atoms with van der Waals surface area (Å²) in [6, 6.07) is 0. The van der Waals surface area contributed by atoms with Crippen molar-refractivity contribution >= 4 is 16.9 Å². The Bertz CT molecular complexity index is 178. The maximum Gasteiger partial charge on any atom is 0.194 e. The Hall–Kier alpha value is -0.280. The molecular weight excluding hydrogens is 184 g/mol. The number of carbonyl (C=O) groups excluding carboxylic acids is 1. The molecule has 0 spiro atoms. The van der Waals surface area contributed by atoms with E-state index in [0.29, 0.717) is 6.42 Å². The molecule has 0 saturated carbocycles. The number of hydrogen-bond donors (Lipinski definition) is 1. The minimum absolute atomic E-state index is 0.0829. The van der Waals surface area contributed by atoms with Gasteiger partial charge in [-0.2, -0.15) is 0 Å². The van der Waals surface area contributed by atoms with Crippen LogP contribution in [0.3, 0.4) is 0 Å². The monoisotopic (exact) mass is 202 g/mol. The van der Waals surface area contributed by atoms with Crippen LogP contribution in [-0.2, 0) is 4.79 Å². The highest BCUT2D eigenvalue weighted by Gasteiger charge is 2.20. The van der Waals surface area contributed by atoms with E-state index in [0.717, 1.165) is 5.75 Å². The first-order chi connectivity index (χ1) is 6.13. The molecule has 0 radical (unpaired) electrons. The fourth-order valence-corrected chi connectivity index (χ4v) is 1.61. The smallest absolute Gasteiger partial charge is 0.194 e. The van der Waals surface area contributed by atoms with Gasteiger partial charge in [0.1, 0.15) is 0 Å². The zero-order valence-electron chi connectivity index (χ0n) is 8.49. The number of aliphatic hydroxyl groups excluding tert-OH is 1. The molecule has 0 amide bonds. The molecule has 1 N–H and O–H groups in total. The third kappa shape index (κ3) is 5.11. The molecule has 3 heteroatoms. The summed E-state index contributed by atoms with van der Waals surface area (Å²) in [5.74, 6) is 0.514. The second-order valence-electron chi connectivity index (χ2n) is 2.91. The van der Waals surface area contributed by atoms with Crippen molar-refractivity contribution in [3.05, 3.63) is 12.2 Å². The highest BCUT2D eigenvalue weighted by atomic mass is 32.2. The molecule has 0 aliphatic heterocycles. The summed E-state index contributed by atoms with van der Waals surface area (Å²) >= 11 is 1.28. The third-order valence-electron chi connectivity index (χ3n) is 1.85. The fraction of sp³-hybridized carbons (Fsp3) is 0.700. The number of thioether (sulfide) groups is 1. The first-order valence-electron chi connectivity index (χ1n) is 4.59. The lowest BCUT2D eigenvalue weighted by Crippen LogP contribution is -2.23. The second kappa shape index (κ2) is 7.15. The van der Waals surface area contributed by atoms with E-state index in [9.17, 15) is 9.90 Å². The molecule has 13 heavy (non-hydrogen) atoms. The molecule has 0 unspecified atom stereocenters. The van der Waals surface area contributed by atoms with Crippen LogP contribution in [0.1, 0.15) is 27.2 Å². The molecule has 0 aromatic rings. The molecule has 76 valence electrons. The summed E-state index contributed by atoms with van der Waals surface area (Å²) in [6.45, 7) is 5.62. The molecular formula is C10H18O2S. The minimum Gasteiger partial charge on any atom is -0.392 e. The van der Waals surface area contributed by atoms with E-state index in [1.54, 1.807) is 6.92 Å². The van der Waals surface area contributed by atoms with Crippen LogP contribution in [0.2, 0.25) is 0 Å². The van der Waals surface area contributed by atoms with Gasteiger partial charge < -0.3 is 5.11 Å². The number of rotatable bonds is 5. The maximum atomic E-state index is 11.3. The molecule has 0 rings (SSSR count). The Morgan fingerprint density at radius 1 is 1.62 bits per heavy atom. The topological polar surface area (TPSA) is 37.3 Å². The predicted molar refractivity (Wildman–Crippen MR) is 57.7 cm³/mol. The van der Waals surface area contributed by atoms with Crippen molar-refractivity contribution in [2.75, 3.05) is 5.75 Å². The zero-order chi connectivity index (χ0) is 10.3. The van der Waals surface area contributed by atoms with Crippen LogP contribution in [0.15, 0.2) is 12.2 Å². The van der Waals surface area contributed by atoms with Crippen molar-refractivity contribution in [1.82, 2.24) is 0 Å². The fourth-order valence-electron chi connectivity index (χ4n) is 0.910. The molecule has 0 bridgehead atoms. The van der Waals surface area contributed by atoms with Crippen molar-refractivity contribution in [2.24, 2.45) is 5.92 Å². The van der Waals surface area contributed by atoms with Crippen molar-refractivity contribution in [3.8, 4) is 0 Å². The molecule has 0 aliphatic carbocycles. The second-order valence-corrected chi connectivity index (χ2v) is 4.18. The molecule has 0 saturated heterocycles. The van der Waals surface area contributed by atoms with E-state index in [2.05, 4.69) is 0 Å². The predicted octanol–water partition coefficient (Wildman–Crippen LogP) is 2.23. The Morgan fingerprint density at radius 3 is 2.69 bits per heavy atom. The van der Waals surface area contributed by atoms with Gasteiger partial charge in [0.2, 0.25) is 0 Å². The Balaban J connectivity index is 3.93. The van der Waals surface area contributed by atoms with Crippen LogP contribution >= 0.6 is 11.8 Å². The quantitative estimate of drug-likeness (QED) is 0.695. The largest absolute Gasteiger partial charge is 0.392 e. The Labute approximate surface area is 84.4 Å². The molecule has 0 aliphatic rings. The van der Waals surface area contributed by atoms with Crippen LogP contribution in [0, 0.1) is 5.92 Å². The van der Waals surface area contributed by atoms with Crippen LogP contribution in [0.5, 0.6) is 0 Å². The summed E-state index contributed by atoms with van der Waals surface area (Å²) in [5, 5.41) is 9.64. The van der Waals surface area contributed by atoms with Gasteiger partial charge in [-0.1, -0.05) is 37.8 Å². The molecule has 2 nitrogen and oxygen atoms in total. The lowest BCUT2D eigenvalue weighted by molar-refractivity contribution is -0.116. The maximum absolute atomic E-state index is 11.3. The van der Waals surface area contributed by atoms with Crippen LogP contribution < -0.4 is 0 Å². The first-order valence-corrected chi connectivity index (χ1v) is 5.57. The molecule has 0 aromatic heterocycles. The summed E-state index contributed by atoms with van der Waals surface area (Å²) in [5.41, 5.74) is 0. The van der Waals surface area contributed by atoms with E-state index < -0.39 is 6.10 Å². The van der Waals surface area contributed by atoms with Crippen molar-refractivity contribution < 1.29 is 9.90 Å². The Kier molecular flexibility index (Phi) is 7.00. The number of allylic oxidation sites excluding steroid dienone is 1. The number of aliphatic hydroxyl groups is 1. The van der Waals surface area contributed by atoms with Gasteiger partial charge >= 0.3 is 0 Å². The van der Waals surface area contributed by atoms with Crippen LogP contribution in [0.4, 0.5) is 0 Å². The highest BCUT2D eigenvalue weighted by molar-refractivity contribution is 8.13. The van der Waals surface area contributed by atoms with Gasteiger partial charge in [-0.3, -0.25) is 4.79 Å². The summed E-state index contributed by atoms with van der Waals surface area (Å²) in [7, 11) is 0. The average Bonchev–Trinajstić information content (AvgIpc) is 2.13. The van der Waals surface area contributed by atoms with Crippen molar-refractivity contribution in [3.63, 3.8) is 0 Å². The van der Waals surface area contributed by atoms with Gasteiger partial charge in [0, 0.05) is 0 Å². The molecule has 0 aromatic carbocycles. The lowest BCUT2D eigenvalue weighted by Gasteiger charge is -2.14. The molecule has 0 fully saturated rings. The van der Waals surface area contributed by atoms with Crippen LogP contribution in [0.25, 0.3) is 0 Å².